The Bertz CT molecular complexity index is 1080. The molecule has 1 N–H and O–H groups in total. The number of esters is 1. The monoisotopic (exact) mass is 443 g/mol. The highest BCUT2D eigenvalue weighted by Crippen LogP contribution is 2.28. The molecule has 0 aliphatic carbocycles. The smallest absolute Gasteiger partial charge is 0.331 e. The van der Waals surface area contributed by atoms with Crippen LogP contribution in [-0.4, -0.2) is 37.5 Å². The Morgan fingerprint density at radius 2 is 2.03 bits per heavy atom. The molecule has 8 nitrogen and oxygen atoms in total. The summed E-state index contributed by atoms with van der Waals surface area (Å²) in [5.74, 6) is -0.447. The lowest BCUT2D eigenvalue weighted by atomic mass is 10.2. The van der Waals surface area contributed by atoms with E-state index in [-0.39, 0.29) is 22.5 Å². The molecule has 1 fully saturated rings. The number of nitrogens with zero attached hydrogens (tertiary/aromatic N) is 2. The highest BCUT2D eigenvalue weighted by Gasteiger charge is 2.25. The molecule has 2 aromatic carbocycles. The van der Waals surface area contributed by atoms with Gasteiger partial charge in [0.25, 0.3) is 5.91 Å². The van der Waals surface area contributed by atoms with E-state index in [0.717, 1.165) is 17.8 Å². The second-order valence-corrected chi connectivity index (χ2v) is 7.10. The van der Waals surface area contributed by atoms with E-state index >= 15 is 0 Å². The molecule has 1 aliphatic rings. The molecule has 160 valence electrons. The van der Waals surface area contributed by atoms with Crippen LogP contribution in [0.5, 0.6) is 11.5 Å². The van der Waals surface area contributed by atoms with Gasteiger partial charge in [-0.3, -0.25) is 10.1 Å². The van der Waals surface area contributed by atoms with Crippen LogP contribution in [0.25, 0.3) is 0 Å². The zero-order valence-electron chi connectivity index (χ0n) is 16.6. The number of amides is 1. The fourth-order valence-electron chi connectivity index (χ4n) is 2.46. The number of carbonyl (C=O) groups excluding carboxylic acids is 2. The van der Waals surface area contributed by atoms with Gasteiger partial charge in [-0.15, -0.1) is 5.10 Å². The lowest BCUT2D eigenvalue weighted by Crippen LogP contribution is -2.19. The van der Waals surface area contributed by atoms with Gasteiger partial charge in [-0.2, -0.15) is 5.10 Å². The lowest BCUT2D eigenvalue weighted by molar-refractivity contribution is -0.135. The number of methoxy groups -OCH3 is 2. The van der Waals surface area contributed by atoms with Crippen molar-refractivity contribution in [3.05, 3.63) is 70.4 Å². The van der Waals surface area contributed by atoms with Crippen LogP contribution in [0.2, 0.25) is 0 Å². The predicted octanol–water partition coefficient (Wildman–Crippen LogP) is 3.02. The number of thioether (sulfide) groups is 1. The summed E-state index contributed by atoms with van der Waals surface area (Å²) in [6, 6.07) is 11.3. The van der Waals surface area contributed by atoms with Crippen LogP contribution in [0.15, 0.2) is 63.6 Å². The van der Waals surface area contributed by atoms with E-state index in [0.29, 0.717) is 22.6 Å². The van der Waals surface area contributed by atoms with E-state index in [1.807, 2.05) is 0 Å². The second kappa shape index (κ2) is 10.4. The average molecular weight is 443 g/mol. The third kappa shape index (κ3) is 6.16. The number of ether oxygens (including phenoxy) is 3. The molecule has 10 heteroatoms. The van der Waals surface area contributed by atoms with Crippen LogP contribution in [0.3, 0.4) is 0 Å². The number of carbonyl (C=O) groups is 2. The van der Waals surface area contributed by atoms with E-state index in [2.05, 4.69) is 20.3 Å². The molecule has 0 atom stereocenters. The fourth-order valence-corrected chi connectivity index (χ4v) is 3.20. The Hall–Kier alpha value is -3.66. The van der Waals surface area contributed by atoms with Crippen molar-refractivity contribution in [3.8, 4) is 11.5 Å². The third-order valence-electron chi connectivity index (χ3n) is 3.93. The van der Waals surface area contributed by atoms with Gasteiger partial charge in [0.2, 0.25) is 0 Å². The fraction of sp³-hybridized carbons (Fsp3) is 0.143. The van der Waals surface area contributed by atoms with Crippen LogP contribution in [0.4, 0.5) is 4.39 Å². The summed E-state index contributed by atoms with van der Waals surface area (Å²) in [5.41, 5.74) is 1.37. The molecule has 1 amide bonds. The summed E-state index contributed by atoms with van der Waals surface area (Å²) in [7, 11) is 2.73. The van der Waals surface area contributed by atoms with Gasteiger partial charge in [0.15, 0.2) is 16.7 Å². The van der Waals surface area contributed by atoms with Crippen LogP contribution < -0.4 is 14.8 Å². The number of rotatable bonds is 7. The van der Waals surface area contributed by atoms with Crippen LogP contribution in [-0.2, 0) is 20.9 Å². The molecule has 0 unspecified atom stereocenters. The molecule has 0 spiro atoms. The van der Waals surface area contributed by atoms with Crippen LogP contribution in [0, 0.1) is 5.82 Å². The molecule has 0 saturated carbocycles. The normalized spacial score (nSPS) is 16.0. The number of benzene rings is 2. The molecule has 1 heterocycles. The SMILES string of the molecule is COC(=O)/C=C1/S/C(=N\N=Cc2ccc(OCc3cccc(F)c3)c(OC)c2)NC1=O. The van der Waals surface area contributed by atoms with Crippen molar-refractivity contribution in [1.29, 1.82) is 0 Å². The molecular weight excluding hydrogens is 425 g/mol. The number of amidine groups is 1. The maximum atomic E-state index is 13.3. The van der Waals surface area contributed by atoms with Gasteiger partial charge >= 0.3 is 5.97 Å². The molecular formula is C21H18FN3O5S. The Morgan fingerprint density at radius 1 is 1.19 bits per heavy atom. The van der Waals surface area contributed by atoms with Crippen molar-refractivity contribution < 1.29 is 28.2 Å². The Kier molecular flexibility index (Phi) is 7.39. The van der Waals surface area contributed by atoms with Crippen molar-refractivity contribution in [2.75, 3.05) is 14.2 Å². The summed E-state index contributed by atoms with van der Waals surface area (Å²) < 4.78 is 28.8. The van der Waals surface area contributed by atoms with Gasteiger partial charge in [0, 0.05) is 6.08 Å². The topological polar surface area (TPSA) is 98.6 Å². The lowest BCUT2D eigenvalue weighted by Gasteiger charge is -2.11. The highest BCUT2D eigenvalue weighted by molar-refractivity contribution is 8.18. The molecule has 2 aromatic rings. The maximum absolute atomic E-state index is 13.3. The van der Waals surface area contributed by atoms with E-state index in [4.69, 9.17) is 9.47 Å². The van der Waals surface area contributed by atoms with Gasteiger partial charge in [-0.05, 0) is 53.2 Å². The summed E-state index contributed by atoms with van der Waals surface area (Å²) in [5, 5.41) is 10.6. The van der Waals surface area contributed by atoms with E-state index in [9.17, 15) is 14.0 Å². The Balaban J connectivity index is 1.65. The average Bonchev–Trinajstić information content (AvgIpc) is 3.11. The third-order valence-corrected chi connectivity index (χ3v) is 4.83. The van der Waals surface area contributed by atoms with Crippen LogP contribution in [0.1, 0.15) is 11.1 Å². The van der Waals surface area contributed by atoms with E-state index < -0.39 is 11.9 Å². The maximum Gasteiger partial charge on any atom is 0.331 e. The minimum Gasteiger partial charge on any atom is -0.493 e. The van der Waals surface area contributed by atoms with Crippen LogP contribution >= 0.6 is 11.8 Å². The molecule has 3 rings (SSSR count). The molecule has 1 aliphatic heterocycles. The first kappa shape index (κ1) is 22.0. The van der Waals surface area contributed by atoms with Gasteiger partial charge in [-0.25, -0.2) is 9.18 Å². The predicted molar refractivity (Wildman–Crippen MR) is 115 cm³/mol. The standard InChI is InChI=1S/C21H18FN3O5S/c1-28-17-9-13(6-7-16(17)30-12-14-4-3-5-15(22)8-14)11-23-25-21-24-20(27)18(31-21)10-19(26)29-2/h3-11H,12H2,1-2H3,(H,24,25,27)/b18-10+,23-11?. The highest BCUT2D eigenvalue weighted by atomic mass is 32.2. The number of hydrogen-bond donors (Lipinski definition) is 1. The quantitative estimate of drug-likeness (QED) is 0.306. The van der Waals surface area contributed by atoms with Crippen molar-refractivity contribution in [1.82, 2.24) is 5.32 Å². The minimum absolute atomic E-state index is 0.169. The van der Waals surface area contributed by atoms with Gasteiger partial charge in [0.1, 0.15) is 12.4 Å². The van der Waals surface area contributed by atoms with Gasteiger partial charge in [-0.1, -0.05) is 12.1 Å². The first-order valence-electron chi connectivity index (χ1n) is 8.93. The van der Waals surface area contributed by atoms with E-state index in [1.165, 1.54) is 32.6 Å². The number of nitrogens with one attached hydrogen (secondary N) is 1. The first-order chi connectivity index (χ1) is 15.0. The second-order valence-electron chi connectivity index (χ2n) is 6.07. The van der Waals surface area contributed by atoms with E-state index in [1.54, 1.807) is 30.3 Å². The van der Waals surface area contributed by atoms with Gasteiger partial charge < -0.3 is 14.2 Å². The van der Waals surface area contributed by atoms with Crippen molar-refractivity contribution in [2.24, 2.45) is 10.2 Å². The van der Waals surface area contributed by atoms with Crippen molar-refractivity contribution in [2.45, 2.75) is 6.61 Å². The molecule has 31 heavy (non-hydrogen) atoms. The molecule has 0 aromatic heterocycles. The molecule has 0 bridgehead atoms. The Labute approximate surface area is 181 Å². The number of hydrogen-bond acceptors (Lipinski definition) is 8. The summed E-state index contributed by atoms with van der Waals surface area (Å²) in [4.78, 5) is 23.2. The largest absolute Gasteiger partial charge is 0.493 e. The minimum atomic E-state index is -0.630. The zero-order chi connectivity index (χ0) is 22.2. The number of halogens is 1. The molecule has 1 saturated heterocycles. The summed E-state index contributed by atoms with van der Waals surface area (Å²) in [6.07, 6.45) is 2.56. The summed E-state index contributed by atoms with van der Waals surface area (Å²) >= 11 is 0.978. The first-order valence-corrected chi connectivity index (χ1v) is 9.75. The zero-order valence-corrected chi connectivity index (χ0v) is 17.4. The molecule has 0 radical (unpaired) electrons. The van der Waals surface area contributed by atoms with Gasteiger partial charge in [0.05, 0.1) is 25.3 Å². The Morgan fingerprint density at radius 3 is 2.77 bits per heavy atom. The van der Waals surface area contributed by atoms with Crippen molar-refractivity contribution in [3.63, 3.8) is 0 Å². The summed E-state index contributed by atoms with van der Waals surface area (Å²) in [6.45, 7) is 0.188. The van der Waals surface area contributed by atoms with Crippen molar-refractivity contribution >= 4 is 35.0 Å².